The molecule has 0 saturated carbocycles. The number of rotatable bonds is 5. The second-order valence-electron chi connectivity index (χ2n) is 4.49. The molecule has 0 unspecified atom stereocenters. The number of ether oxygens (including phenoxy) is 1. The van der Waals surface area contributed by atoms with Crippen molar-refractivity contribution in [3.05, 3.63) is 29.3 Å². The zero-order chi connectivity index (χ0) is 16.5. The maximum atomic E-state index is 12.2. The van der Waals surface area contributed by atoms with E-state index in [0.29, 0.717) is 4.90 Å². The smallest absolute Gasteiger partial charge is 0.422 e. The zero-order valence-corrected chi connectivity index (χ0v) is 11.0. The van der Waals surface area contributed by atoms with Crippen molar-refractivity contribution in [3.63, 3.8) is 0 Å². The third-order valence-corrected chi connectivity index (χ3v) is 2.90. The molecular weight excluding hydrogens is 307 g/mol. The lowest BCUT2D eigenvalue weighted by molar-refractivity contribution is -0.153. The molecule has 22 heavy (non-hydrogen) atoms. The fraction of sp³-hybridized carbons (Fsp3) is 0.308. The summed E-state index contributed by atoms with van der Waals surface area (Å²) in [5.41, 5.74) is -0.378. The largest absolute Gasteiger partial charge is 0.483 e. The van der Waals surface area contributed by atoms with Crippen molar-refractivity contribution in [1.29, 1.82) is 0 Å². The Balaban J connectivity index is 2.26. The molecule has 2 rings (SSSR count). The Hall–Kier alpha value is -2.58. The summed E-state index contributed by atoms with van der Waals surface area (Å²) in [6.07, 6.45) is -5.04. The number of nitrogens with zero attached hydrogens (tertiary/aromatic N) is 1. The summed E-state index contributed by atoms with van der Waals surface area (Å²) in [7, 11) is 0. The van der Waals surface area contributed by atoms with E-state index in [4.69, 9.17) is 5.11 Å². The molecule has 0 bridgehead atoms. The van der Waals surface area contributed by atoms with Gasteiger partial charge >= 0.3 is 12.1 Å². The van der Waals surface area contributed by atoms with E-state index in [-0.39, 0.29) is 23.4 Å². The summed E-state index contributed by atoms with van der Waals surface area (Å²) < 4.78 is 41.2. The van der Waals surface area contributed by atoms with Crippen LogP contribution in [0.1, 0.15) is 27.1 Å². The first-order valence-corrected chi connectivity index (χ1v) is 6.11. The monoisotopic (exact) mass is 317 g/mol. The summed E-state index contributed by atoms with van der Waals surface area (Å²) >= 11 is 0. The standard InChI is InChI=1S/C13H10F3NO5/c14-13(15,16)6-22-8-3-1-2-7-10(8)12(21)17(11(7)20)5-4-9(18)19/h1-3H,4-6H2,(H,18,19). The van der Waals surface area contributed by atoms with E-state index < -0.39 is 37.0 Å². The van der Waals surface area contributed by atoms with Crippen molar-refractivity contribution in [3.8, 4) is 5.75 Å². The first-order chi connectivity index (χ1) is 10.2. The number of aliphatic carboxylic acids is 1. The van der Waals surface area contributed by atoms with Crippen LogP contribution in [-0.4, -0.2) is 47.1 Å². The molecule has 1 aromatic carbocycles. The molecule has 1 aromatic rings. The van der Waals surface area contributed by atoms with Crippen molar-refractivity contribution in [1.82, 2.24) is 4.90 Å². The highest BCUT2D eigenvalue weighted by atomic mass is 19.4. The van der Waals surface area contributed by atoms with E-state index in [9.17, 15) is 27.6 Å². The van der Waals surface area contributed by atoms with E-state index in [2.05, 4.69) is 4.74 Å². The molecule has 0 fully saturated rings. The molecule has 1 heterocycles. The average Bonchev–Trinajstić information content (AvgIpc) is 2.66. The second-order valence-corrected chi connectivity index (χ2v) is 4.49. The summed E-state index contributed by atoms with van der Waals surface area (Å²) in [6, 6.07) is 3.71. The molecule has 2 amide bonds. The van der Waals surface area contributed by atoms with Gasteiger partial charge in [0.15, 0.2) is 6.61 Å². The van der Waals surface area contributed by atoms with Gasteiger partial charge in [-0.2, -0.15) is 13.2 Å². The molecule has 1 aliphatic rings. The highest BCUT2D eigenvalue weighted by Crippen LogP contribution is 2.32. The van der Waals surface area contributed by atoms with Gasteiger partial charge in [0.2, 0.25) is 0 Å². The van der Waals surface area contributed by atoms with Gasteiger partial charge in [-0.1, -0.05) is 6.07 Å². The van der Waals surface area contributed by atoms with Gasteiger partial charge in [0, 0.05) is 6.54 Å². The summed E-state index contributed by atoms with van der Waals surface area (Å²) in [6.45, 7) is -1.96. The maximum Gasteiger partial charge on any atom is 0.422 e. The minimum Gasteiger partial charge on any atom is -0.483 e. The van der Waals surface area contributed by atoms with Gasteiger partial charge in [-0.3, -0.25) is 19.3 Å². The Labute approximate surface area is 122 Å². The topological polar surface area (TPSA) is 83.9 Å². The van der Waals surface area contributed by atoms with Crippen molar-refractivity contribution >= 4 is 17.8 Å². The quantitative estimate of drug-likeness (QED) is 0.836. The number of benzene rings is 1. The third-order valence-electron chi connectivity index (χ3n) is 2.90. The number of carboxylic acid groups (broad SMARTS) is 1. The molecule has 0 aromatic heterocycles. The van der Waals surface area contributed by atoms with Crippen LogP contribution in [-0.2, 0) is 4.79 Å². The van der Waals surface area contributed by atoms with Gasteiger partial charge in [0.05, 0.1) is 17.5 Å². The Morgan fingerprint density at radius 3 is 2.50 bits per heavy atom. The van der Waals surface area contributed by atoms with Crippen molar-refractivity contribution in [2.75, 3.05) is 13.2 Å². The van der Waals surface area contributed by atoms with Gasteiger partial charge in [-0.25, -0.2) is 0 Å². The maximum absolute atomic E-state index is 12.2. The molecule has 0 spiro atoms. The molecular formula is C13H10F3NO5. The van der Waals surface area contributed by atoms with E-state index in [0.717, 1.165) is 6.07 Å². The van der Waals surface area contributed by atoms with Crippen LogP contribution in [0, 0.1) is 0 Å². The van der Waals surface area contributed by atoms with E-state index >= 15 is 0 Å². The number of imide groups is 1. The van der Waals surface area contributed by atoms with E-state index in [1.54, 1.807) is 0 Å². The number of halogens is 3. The van der Waals surface area contributed by atoms with Gasteiger partial charge in [-0.15, -0.1) is 0 Å². The number of alkyl halides is 3. The number of carboxylic acids is 1. The Bertz CT molecular complexity index is 641. The first-order valence-electron chi connectivity index (χ1n) is 6.11. The normalized spacial score (nSPS) is 14.2. The minimum absolute atomic E-state index is 0.102. The lowest BCUT2D eigenvalue weighted by Crippen LogP contribution is -2.32. The number of amides is 2. The predicted octanol–water partition coefficient (Wildman–Crippen LogP) is 1.70. The Morgan fingerprint density at radius 1 is 1.23 bits per heavy atom. The van der Waals surface area contributed by atoms with Gasteiger partial charge in [0.1, 0.15) is 5.75 Å². The van der Waals surface area contributed by atoms with Crippen LogP contribution in [0.2, 0.25) is 0 Å². The molecule has 1 N–H and O–H groups in total. The number of fused-ring (bicyclic) bond motifs is 1. The van der Waals surface area contributed by atoms with Crippen LogP contribution in [0.5, 0.6) is 5.75 Å². The molecule has 0 saturated heterocycles. The van der Waals surface area contributed by atoms with E-state index in [1.807, 2.05) is 0 Å². The Morgan fingerprint density at radius 2 is 1.91 bits per heavy atom. The third kappa shape index (κ3) is 3.18. The predicted molar refractivity (Wildman–Crippen MR) is 65.6 cm³/mol. The highest BCUT2D eigenvalue weighted by Gasteiger charge is 2.39. The lowest BCUT2D eigenvalue weighted by Gasteiger charge is -2.13. The highest BCUT2D eigenvalue weighted by molar-refractivity contribution is 6.22. The van der Waals surface area contributed by atoms with Gasteiger partial charge in [0.25, 0.3) is 11.8 Å². The van der Waals surface area contributed by atoms with Crippen molar-refractivity contribution in [2.45, 2.75) is 12.6 Å². The van der Waals surface area contributed by atoms with Gasteiger partial charge < -0.3 is 9.84 Å². The molecule has 118 valence electrons. The average molecular weight is 317 g/mol. The molecule has 0 atom stereocenters. The molecule has 1 aliphatic heterocycles. The van der Waals surface area contributed by atoms with Crippen LogP contribution in [0.15, 0.2) is 18.2 Å². The molecule has 6 nitrogen and oxygen atoms in total. The van der Waals surface area contributed by atoms with E-state index in [1.165, 1.54) is 12.1 Å². The zero-order valence-electron chi connectivity index (χ0n) is 11.0. The van der Waals surface area contributed by atoms with Crippen LogP contribution in [0.25, 0.3) is 0 Å². The van der Waals surface area contributed by atoms with Crippen molar-refractivity contribution < 1.29 is 37.4 Å². The summed E-state index contributed by atoms with van der Waals surface area (Å²) in [5, 5.41) is 8.59. The lowest BCUT2D eigenvalue weighted by atomic mass is 10.1. The second kappa shape index (κ2) is 5.66. The molecule has 0 aliphatic carbocycles. The van der Waals surface area contributed by atoms with Crippen LogP contribution < -0.4 is 4.74 Å². The molecule has 9 heteroatoms. The molecule has 0 radical (unpaired) electrons. The van der Waals surface area contributed by atoms with Crippen LogP contribution >= 0.6 is 0 Å². The van der Waals surface area contributed by atoms with Crippen LogP contribution in [0.3, 0.4) is 0 Å². The summed E-state index contributed by atoms with van der Waals surface area (Å²) in [4.78, 5) is 35.3. The van der Waals surface area contributed by atoms with Crippen molar-refractivity contribution in [2.24, 2.45) is 0 Å². The number of carbonyl (C=O) groups excluding carboxylic acids is 2. The first kappa shape index (κ1) is 15.8. The number of hydrogen-bond donors (Lipinski definition) is 1. The summed E-state index contributed by atoms with van der Waals surface area (Å²) in [5.74, 6) is -3.17. The fourth-order valence-corrected chi connectivity index (χ4v) is 1.99. The van der Waals surface area contributed by atoms with Crippen LogP contribution in [0.4, 0.5) is 13.2 Å². The number of carbonyl (C=O) groups is 3. The SMILES string of the molecule is O=C(O)CCN1C(=O)c2cccc(OCC(F)(F)F)c2C1=O. The van der Waals surface area contributed by atoms with Gasteiger partial charge in [-0.05, 0) is 12.1 Å². The fourth-order valence-electron chi connectivity index (χ4n) is 1.99. The Kier molecular flexibility index (Phi) is 4.07. The minimum atomic E-state index is -4.59. The number of hydrogen-bond acceptors (Lipinski definition) is 4.